The lowest BCUT2D eigenvalue weighted by Gasteiger charge is -2.35. The highest BCUT2D eigenvalue weighted by atomic mass is 16.6. The molecule has 1 aromatic rings. The van der Waals surface area contributed by atoms with Crippen LogP contribution in [0.15, 0.2) is 30.3 Å². The number of hydrogen-bond donors (Lipinski definition) is 1. The van der Waals surface area contributed by atoms with E-state index in [0.717, 1.165) is 19.3 Å². The Hall–Kier alpha value is -2.04. The van der Waals surface area contributed by atoms with E-state index in [0.29, 0.717) is 25.1 Å². The Morgan fingerprint density at radius 3 is 2.47 bits per heavy atom. The predicted octanol–water partition coefficient (Wildman–Crippen LogP) is 2.61. The Morgan fingerprint density at radius 1 is 1.16 bits per heavy atom. The van der Waals surface area contributed by atoms with Gasteiger partial charge < -0.3 is 9.47 Å². The van der Waals surface area contributed by atoms with E-state index in [-0.39, 0.29) is 0 Å². The molecule has 1 N–H and O–H groups in total. The molecule has 5 heteroatoms. The van der Waals surface area contributed by atoms with Gasteiger partial charge in [0.25, 0.3) is 6.47 Å². The molecule has 1 aromatic carbocycles. The first-order valence-electron chi connectivity index (χ1n) is 6.41. The number of carbonyl (C=O) groups excluding carboxylic acids is 2. The molecule has 1 saturated carbocycles. The molecular formula is C14H17NO4. The van der Waals surface area contributed by atoms with E-state index in [1.54, 1.807) is 24.3 Å². The summed E-state index contributed by atoms with van der Waals surface area (Å²) in [6.07, 6.45) is 3.55. The first-order chi connectivity index (χ1) is 9.24. The van der Waals surface area contributed by atoms with Crippen LogP contribution in [0.5, 0.6) is 5.75 Å². The number of carbonyl (C=O) groups is 2. The molecule has 0 saturated heterocycles. The van der Waals surface area contributed by atoms with Crippen molar-refractivity contribution in [2.75, 3.05) is 0 Å². The summed E-state index contributed by atoms with van der Waals surface area (Å²) in [6, 6.07) is 8.77. The topological polar surface area (TPSA) is 64.6 Å². The first-order valence-corrected chi connectivity index (χ1v) is 6.41. The molecule has 0 spiro atoms. The molecule has 5 nitrogen and oxygen atoms in total. The van der Waals surface area contributed by atoms with Gasteiger partial charge in [-0.15, -0.1) is 0 Å². The zero-order valence-corrected chi connectivity index (χ0v) is 10.6. The van der Waals surface area contributed by atoms with E-state index < -0.39 is 11.8 Å². The summed E-state index contributed by atoms with van der Waals surface area (Å²) in [5.41, 5.74) is -0.911. The summed E-state index contributed by atoms with van der Waals surface area (Å²) < 4.78 is 10.2. The first kappa shape index (κ1) is 13.4. The molecular weight excluding hydrogens is 246 g/mol. The lowest BCUT2D eigenvalue weighted by molar-refractivity contribution is -0.150. The van der Waals surface area contributed by atoms with Gasteiger partial charge >= 0.3 is 6.09 Å². The second-order valence-corrected chi connectivity index (χ2v) is 4.60. The van der Waals surface area contributed by atoms with E-state index in [1.807, 2.05) is 6.07 Å². The number of para-hydroxylation sites is 1. The lowest BCUT2D eigenvalue weighted by Crippen LogP contribution is -2.52. The molecule has 1 fully saturated rings. The van der Waals surface area contributed by atoms with Crippen LogP contribution in [0.4, 0.5) is 4.79 Å². The van der Waals surface area contributed by atoms with E-state index in [4.69, 9.17) is 9.47 Å². The zero-order chi connectivity index (χ0) is 13.6. The second-order valence-electron chi connectivity index (χ2n) is 4.60. The van der Waals surface area contributed by atoms with Crippen LogP contribution in [-0.4, -0.2) is 18.3 Å². The summed E-state index contributed by atoms with van der Waals surface area (Å²) in [5, 5.41) is 2.67. The average Bonchev–Trinajstić information content (AvgIpc) is 2.40. The Bertz CT molecular complexity index is 426. The number of ether oxygens (including phenoxy) is 2. The molecule has 0 aliphatic heterocycles. The van der Waals surface area contributed by atoms with Gasteiger partial charge in [0.1, 0.15) is 5.75 Å². The van der Waals surface area contributed by atoms with Gasteiger partial charge in [-0.05, 0) is 25.0 Å². The summed E-state index contributed by atoms with van der Waals surface area (Å²) in [7, 11) is 0. The van der Waals surface area contributed by atoms with Crippen LogP contribution in [-0.2, 0) is 9.53 Å². The number of hydrogen-bond acceptors (Lipinski definition) is 4. The molecule has 1 amide bonds. The average molecular weight is 263 g/mol. The van der Waals surface area contributed by atoms with Crippen LogP contribution in [0.25, 0.3) is 0 Å². The van der Waals surface area contributed by atoms with Gasteiger partial charge in [-0.2, -0.15) is 0 Å². The van der Waals surface area contributed by atoms with E-state index in [9.17, 15) is 9.59 Å². The summed E-state index contributed by atoms with van der Waals surface area (Å²) in [4.78, 5) is 22.4. The highest BCUT2D eigenvalue weighted by Gasteiger charge is 2.36. The molecule has 0 atom stereocenters. The highest BCUT2D eigenvalue weighted by molar-refractivity contribution is 5.71. The summed E-state index contributed by atoms with van der Waals surface area (Å²) >= 11 is 0. The van der Waals surface area contributed by atoms with Crippen LogP contribution in [0, 0.1) is 0 Å². The van der Waals surface area contributed by atoms with Gasteiger partial charge in [-0.1, -0.05) is 24.6 Å². The fourth-order valence-corrected chi connectivity index (χ4v) is 2.29. The summed E-state index contributed by atoms with van der Waals surface area (Å²) in [5.74, 6) is 0.456. The van der Waals surface area contributed by atoms with Crippen molar-refractivity contribution < 1.29 is 19.1 Å². The minimum absolute atomic E-state index is 0.383. The molecule has 102 valence electrons. The third-order valence-electron chi connectivity index (χ3n) is 3.22. The Labute approximate surface area is 111 Å². The Morgan fingerprint density at radius 2 is 1.84 bits per heavy atom. The van der Waals surface area contributed by atoms with Crippen molar-refractivity contribution in [1.29, 1.82) is 0 Å². The maximum absolute atomic E-state index is 11.8. The van der Waals surface area contributed by atoms with Crippen molar-refractivity contribution in [1.82, 2.24) is 5.32 Å². The normalized spacial score (nSPS) is 17.3. The van der Waals surface area contributed by atoms with E-state index in [2.05, 4.69) is 5.32 Å². The molecule has 1 aliphatic rings. The quantitative estimate of drug-likeness (QED) is 0.670. The third kappa shape index (κ3) is 3.71. The van der Waals surface area contributed by atoms with Crippen LogP contribution in [0.3, 0.4) is 0 Å². The molecule has 0 bridgehead atoms. The standard InChI is InChI=1S/C14H17NO4/c16-11-18-14(9-5-2-6-10-14)15-13(17)19-12-7-3-1-4-8-12/h1,3-4,7-8,11H,2,5-6,9-10H2,(H,15,17). The molecule has 0 heterocycles. The van der Waals surface area contributed by atoms with Gasteiger partial charge in [0, 0.05) is 12.8 Å². The Kier molecular flexibility index (Phi) is 4.39. The van der Waals surface area contributed by atoms with Gasteiger partial charge in [0.15, 0.2) is 5.72 Å². The lowest BCUT2D eigenvalue weighted by atomic mass is 9.92. The minimum atomic E-state index is -0.911. The van der Waals surface area contributed by atoms with E-state index in [1.165, 1.54) is 0 Å². The predicted molar refractivity (Wildman–Crippen MR) is 68.6 cm³/mol. The van der Waals surface area contributed by atoms with Crippen molar-refractivity contribution in [3.8, 4) is 5.75 Å². The van der Waals surface area contributed by atoms with Crippen LogP contribution in [0.1, 0.15) is 32.1 Å². The molecule has 19 heavy (non-hydrogen) atoms. The van der Waals surface area contributed by atoms with Crippen molar-refractivity contribution >= 4 is 12.6 Å². The zero-order valence-electron chi connectivity index (χ0n) is 10.6. The molecule has 1 aliphatic carbocycles. The number of rotatable bonds is 4. The second kappa shape index (κ2) is 6.22. The molecule has 2 rings (SSSR count). The number of amides is 1. The maximum Gasteiger partial charge on any atom is 0.415 e. The molecule has 0 aromatic heterocycles. The largest absolute Gasteiger partial charge is 0.441 e. The SMILES string of the molecule is O=COC1(NC(=O)Oc2ccccc2)CCCCC1. The van der Waals surface area contributed by atoms with Crippen molar-refractivity contribution in [3.63, 3.8) is 0 Å². The Balaban J connectivity index is 1.97. The van der Waals surface area contributed by atoms with Gasteiger partial charge in [0.05, 0.1) is 0 Å². The maximum atomic E-state index is 11.8. The molecule has 0 unspecified atom stereocenters. The van der Waals surface area contributed by atoms with Crippen molar-refractivity contribution in [3.05, 3.63) is 30.3 Å². The van der Waals surface area contributed by atoms with Gasteiger partial charge in [0.2, 0.25) is 0 Å². The summed E-state index contributed by atoms with van der Waals surface area (Å²) in [6.45, 7) is 0.383. The van der Waals surface area contributed by atoms with Gasteiger partial charge in [-0.25, -0.2) is 4.79 Å². The third-order valence-corrected chi connectivity index (χ3v) is 3.22. The fraction of sp³-hybridized carbons (Fsp3) is 0.429. The van der Waals surface area contributed by atoms with Gasteiger partial charge in [-0.3, -0.25) is 10.1 Å². The highest BCUT2D eigenvalue weighted by Crippen LogP contribution is 2.29. The fourth-order valence-electron chi connectivity index (χ4n) is 2.29. The minimum Gasteiger partial charge on any atom is -0.441 e. The smallest absolute Gasteiger partial charge is 0.415 e. The van der Waals surface area contributed by atoms with Crippen LogP contribution in [0.2, 0.25) is 0 Å². The van der Waals surface area contributed by atoms with Crippen molar-refractivity contribution in [2.24, 2.45) is 0 Å². The monoisotopic (exact) mass is 263 g/mol. The van der Waals surface area contributed by atoms with E-state index >= 15 is 0 Å². The van der Waals surface area contributed by atoms with Crippen LogP contribution < -0.4 is 10.1 Å². The van der Waals surface area contributed by atoms with Crippen LogP contribution >= 0.6 is 0 Å². The number of nitrogens with one attached hydrogen (secondary N) is 1. The molecule has 0 radical (unpaired) electrons. The number of benzene rings is 1. The van der Waals surface area contributed by atoms with Crippen molar-refractivity contribution in [2.45, 2.75) is 37.8 Å².